The van der Waals surface area contributed by atoms with Gasteiger partial charge in [-0.2, -0.15) is 18.8 Å². The first-order valence-electron chi connectivity index (χ1n) is 13.7. The molecule has 0 aliphatic carbocycles. The van der Waals surface area contributed by atoms with E-state index in [2.05, 4.69) is 124 Å². The van der Waals surface area contributed by atoms with Crippen LogP contribution in [0, 0.1) is 18.8 Å². The first-order valence-corrected chi connectivity index (χ1v) is 13.7. The molecule has 0 spiro atoms. The van der Waals surface area contributed by atoms with Gasteiger partial charge in [-0.1, -0.05) is 66.2 Å². The van der Waals surface area contributed by atoms with Crippen molar-refractivity contribution in [2.24, 2.45) is 0 Å². The van der Waals surface area contributed by atoms with Gasteiger partial charge >= 0.3 is 20.1 Å². The Morgan fingerprint density at radius 1 is 0.667 bits per heavy atom. The van der Waals surface area contributed by atoms with E-state index in [1.165, 1.54) is 49.5 Å². The van der Waals surface area contributed by atoms with Gasteiger partial charge in [0.2, 0.25) is 0 Å². The van der Waals surface area contributed by atoms with Crippen molar-refractivity contribution >= 4 is 55.2 Å². The van der Waals surface area contributed by atoms with Crippen LogP contribution < -0.4 is 9.80 Å². The minimum Gasteiger partial charge on any atom is -0.504 e. The van der Waals surface area contributed by atoms with E-state index >= 15 is 0 Å². The molecule has 0 radical (unpaired) electrons. The van der Waals surface area contributed by atoms with Gasteiger partial charge in [0.05, 0.1) is 5.52 Å². The molecule has 0 amide bonds. The summed E-state index contributed by atoms with van der Waals surface area (Å²) in [7, 11) is 2.09. The molecule has 0 N–H and O–H groups in total. The average molecular weight is 718 g/mol. The summed E-state index contributed by atoms with van der Waals surface area (Å²) >= 11 is 0. The zero-order chi connectivity index (χ0) is 27.3. The second-order valence-corrected chi connectivity index (χ2v) is 10.2. The third-order valence-electron chi connectivity index (χ3n) is 7.86. The molecule has 8 aromatic rings. The van der Waals surface area contributed by atoms with E-state index in [1.54, 1.807) is 6.20 Å². The molecule has 5 heteroatoms. The Morgan fingerprint density at radius 2 is 1.40 bits per heavy atom. The zero-order valence-electron chi connectivity index (χ0n) is 22.8. The summed E-state index contributed by atoms with van der Waals surface area (Å²) in [4.78, 5) is 8.60. The Morgan fingerprint density at radius 3 is 2.21 bits per heavy atom. The van der Waals surface area contributed by atoms with Crippen molar-refractivity contribution in [1.82, 2.24) is 9.38 Å². The van der Waals surface area contributed by atoms with Crippen LogP contribution in [0.3, 0.4) is 0 Å². The molecule has 4 heterocycles. The van der Waals surface area contributed by atoms with Crippen LogP contribution in [0.2, 0.25) is 0 Å². The predicted octanol–water partition coefficient (Wildman–Crippen LogP) is 8.89. The molecular weight excluding hydrogens is 693 g/mol. The van der Waals surface area contributed by atoms with Gasteiger partial charge in [0.25, 0.3) is 0 Å². The largest absolute Gasteiger partial charge is 3.00 e. The Bertz CT molecular complexity index is 2120. The van der Waals surface area contributed by atoms with Gasteiger partial charge in [-0.25, -0.2) is 0 Å². The van der Waals surface area contributed by atoms with E-state index in [4.69, 9.17) is 0 Å². The fourth-order valence-corrected chi connectivity index (χ4v) is 6.03. The van der Waals surface area contributed by atoms with E-state index in [-0.39, 0.29) is 20.1 Å². The molecular formula is C37H25IrN4. The quantitative estimate of drug-likeness (QED) is 0.167. The van der Waals surface area contributed by atoms with E-state index < -0.39 is 0 Å². The number of rotatable bonds is 2. The van der Waals surface area contributed by atoms with Gasteiger partial charge < -0.3 is 19.2 Å². The van der Waals surface area contributed by atoms with E-state index in [0.29, 0.717) is 0 Å². The molecule has 5 aromatic carbocycles. The molecule has 1 aliphatic heterocycles. The van der Waals surface area contributed by atoms with Crippen molar-refractivity contribution in [3.8, 4) is 11.3 Å². The third-order valence-corrected chi connectivity index (χ3v) is 7.86. The predicted molar refractivity (Wildman–Crippen MR) is 170 cm³/mol. The molecule has 202 valence electrons. The molecule has 0 bridgehead atoms. The number of pyridine rings is 1. The SMILES string of the molecule is CN1[CH-]N(c2[c-]cc3c4cccc5c6ccccc6n(c3c2)c54)c2ccccc21.[Ir+3].[c-]1ccccc1-c1ccccn1. The van der Waals surface area contributed by atoms with Crippen LogP contribution >= 0.6 is 0 Å². The van der Waals surface area contributed by atoms with Crippen molar-refractivity contribution in [3.63, 3.8) is 0 Å². The van der Waals surface area contributed by atoms with Gasteiger partial charge in [-0.15, -0.1) is 53.0 Å². The molecule has 0 saturated heterocycles. The maximum atomic E-state index is 4.22. The Balaban J connectivity index is 0.000000188. The summed E-state index contributed by atoms with van der Waals surface area (Å²) in [5.41, 5.74) is 9.25. The molecule has 3 aromatic heterocycles. The first kappa shape index (κ1) is 26.2. The van der Waals surface area contributed by atoms with Gasteiger partial charge in [0.1, 0.15) is 0 Å². The number of hydrogen-bond acceptors (Lipinski definition) is 3. The van der Waals surface area contributed by atoms with Gasteiger partial charge in [0.15, 0.2) is 0 Å². The molecule has 42 heavy (non-hydrogen) atoms. The van der Waals surface area contributed by atoms with Crippen LogP contribution in [0.5, 0.6) is 0 Å². The van der Waals surface area contributed by atoms with Gasteiger partial charge in [-0.05, 0) is 42.4 Å². The van der Waals surface area contributed by atoms with E-state index in [9.17, 15) is 0 Å². The standard InChI is InChI=1S/C26H17N3.C11H8N.Ir/c1-27-16-28(24-12-5-4-11-23(24)27)17-13-14-19-21-9-6-8-20-18-7-2-3-10-22(18)29(26(20)21)25(19)15-17;1-2-6-10(7-3-1)11-8-4-5-9-12-11;/h2-12,14-16H,1H3;1-6,8-9H;/q-2;-1;+3. The summed E-state index contributed by atoms with van der Waals surface area (Å²) in [5.74, 6) is 0. The Kier molecular flexibility index (Phi) is 6.62. The maximum absolute atomic E-state index is 4.22. The van der Waals surface area contributed by atoms with E-state index in [0.717, 1.165) is 16.9 Å². The smallest absolute Gasteiger partial charge is 0.504 e. The van der Waals surface area contributed by atoms with Crippen LogP contribution in [-0.4, -0.2) is 16.4 Å². The molecule has 0 unspecified atom stereocenters. The van der Waals surface area contributed by atoms with Crippen LogP contribution in [0.25, 0.3) is 49.4 Å². The van der Waals surface area contributed by atoms with Crippen molar-refractivity contribution in [2.45, 2.75) is 0 Å². The van der Waals surface area contributed by atoms with Crippen molar-refractivity contribution in [1.29, 1.82) is 0 Å². The number of hydrogen-bond donors (Lipinski definition) is 0. The van der Waals surface area contributed by atoms with Crippen molar-refractivity contribution in [2.75, 3.05) is 16.8 Å². The number of nitrogens with zero attached hydrogens (tertiary/aromatic N) is 4. The van der Waals surface area contributed by atoms with Crippen LogP contribution in [0.4, 0.5) is 17.1 Å². The average Bonchev–Trinajstić information content (AvgIpc) is 3.69. The number of anilines is 3. The van der Waals surface area contributed by atoms with Crippen molar-refractivity contribution < 1.29 is 20.1 Å². The molecule has 1 aliphatic rings. The topological polar surface area (TPSA) is 23.8 Å². The van der Waals surface area contributed by atoms with Crippen LogP contribution in [0.15, 0.2) is 128 Å². The molecule has 0 atom stereocenters. The van der Waals surface area contributed by atoms with Crippen molar-refractivity contribution in [3.05, 3.63) is 146 Å². The molecule has 4 nitrogen and oxygen atoms in total. The van der Waals surface area contributed by atoms with Gasteiger partial charge in [0, 0.05) is 33.9 Å². The molecule has 9 rings (SSSR count). The number of fused-ring (bicyclic) bond motifs is 7. The maximum Gasteiger partial charge on any atom is 3.00 e. The summed E-state index contributed by atoms with van der Waals surface area (Å²) < 4.78 is 2.42. The zero-order valence-corrected chi connectivity index (χ0v) is 25.2. The molecule has 0 saturated carbocycles. The summed E-state index contributed by atoms with van der Waals surface area (Å²) in [6, 6.07) is 48.6. The number of aromatic nitrogens is 2. The fourth-order valence-electron chi connectivity index (χ4n) is 6.03. The molecule has 0 fully saturated rings. The third kappa shape index (κ3) is 4.13. The summed E-state index contributed by atoms with van der Waals surface area (Å²) in [6.45, 7) is 2.13. The fraction of sp³-hybridized carbons (Fsp3) is 0.0270. The Hall–Kier alpha value is -4.70. The van der Waals surface area contributed by atoms with E-state index in [1.807, 2.05) is 42.5 Å². The second kappa shape index (κ2) is 10.6. The summed E-state index contributed by atoms with van der Waals surface area (Å²) in [6.07, 6.45) is 1.79. The van der Waals surface area contributed by atoms with Crippen LogP contribution in [-0.2, 0) is 20.1 Å². The van der Waals surface area contributed by atoms with Gasteiger partial charge in [-0.3, -0.25) is 0 Å². The minimum absolute atomic E-state index is 0. The second-order valence-electron chi connectivity index (χ2n) is 10.2. The summed E-state index contributed by atoms with van der Waals surface area (Å²) in [5, 5.41) is 5.16. The van der Waals surface area contributed by atoms with Crippen LogP contribution in [0.1, 0.15) is 0 Å². The number of benzene rings is 5. The minimum atomic E-state index is 0. The Labute approximate surface area is 258 Å². The first-order chi connectivity index (χ1) is 20.3. The number of para-hydroxylation sites is 4. The normalized spacial score (nSPS) is 12.5. The monoisotopic (exact) mass is 718 g/mol.